The van der Waals surface area contributed by atoms with Gasteiger partial charge in [0.25, 0.3) is 0 Å². The van der Waals surface area contributed by atoms with Gasteiger partial charge in [-0.3, -0.25) is 0 Å². The van der Waals surface area contributed by atoms with Gasteiger partial charge in [0.2, 0.25) is 0 Å². The van der Waals surface area contributed by atoms with Crippen molar-refractivity contribution in [2.45, 2.75) is 52.4 Å². The number of rotatable bonds is 8. The number of nitrogen functional groups attached to an aromatic ring is 1. The Bertz CT molecular complexity index is 446. The Balaban J connectivity index is 2.36. The van der Waals surface area contributed by atoms with Crippen molar-refractivity contribution in [1.82, 2.24) is 0 Å². The normalized spacial score (nSPS) is 10.6. The predicted octanol–water partition coefficient (Wildman–Crippen LogP) is 4.86. The summed E-state index contributed by atoms with van der Waals surface area (Å²) in [6, 6.07) is 3.55. The minimum absolute atomic E-state index is 0.288. The van der Waals surface area contributed by atoms with Gasteiger partial charge in [0.15, 0.2) is 0 Å². The van der Waals surface area contributed by atoms with E-state index in [9.17, 15) is 4.79 Å². The molecule has 0 radical (unpaired) electrons. The van der Waals surface area contributed by atoms with Crippen molar-refractivity contribution in [3.63, 3.8) is 0 Å². The van der Waals surface area contributed by atoms with Crippen LogP contribution < -0.4 is 5.73 Å². The number of hydrogen-bond acceptors (Lipinski definition) is 3. The molecular weight excluding hydrogens is 318 g/mol. The monoisotopic (exact) mass is 341 g/mol. The number of benzene rings is 1. The summed E-state index contributed by atoms with van der Waals surface area (Å²) in [5, 5.41) is 0. The second-order valence-corrected chi connectivity index (χ2v) is 5.99. The third-order valence-electron chi connectivity index (χ3n) is 3.36. The fraction of sp³-hybridized carbons (Fsp3) is 0.562. The summed E-state index contributed by atoms with van der Waals surface area (Å²) >= 11 is 3.34. The average molecular weight is 342 g/mol. The molecule has 0 bridgehead atoms. The van der Waals surface area contributed by atoms with Crippen LogP contribution in [0.15, 0.2) is 16.6 Å². The first-order chi connectivity index (χ1) is 9.56. The number of carbonyl (C=O) groups excluding carboxylic acids is 1. The molecule has 0 heterocycles. The maximum atomic E-state index is 12.0. The van der Waals surface area contributed by atoms with Gasteiger partial charge >= 0.3 is 5.97 Å². The van der Waals surface area contributed by atoms with Crippen LogP contribution in [0, 0.1) is 6.92 Å². The lowest BCUT2D eigenvalue weighted by atomic mass is 10.1. The van der Waals surface area contributed by atoms with E-state index in [0.29, 0.717) is 17.9 Å². The molecule has 1 rings (SSSR count). The van der Waals surface area contributed by atoms with E-state index in [2.05, 4.69) is 22.9 Å². The molecule has 0 saturated carbocycles. The molecule has 20 heavy (non-hydrogen) atoms. The Morgan fingerprint density at radius 2 is 1.85 bits per heavy atom. The van der Waals surface area contributed by atoms with Crippen molar-refractivity contribution in [3.05, 3.63) is 27.7 Å². The van der Waals surface area contributed by atoms with E-state index < -0.39 is 0 Å². The van der Waals surface area contributed by atoms with Crippen LogP contribution in [-0.2, 0) is 4.74 Å². The number of anilines is 1. The highest BCUT2D eigenvalue weighted by Gasteiger charge is 2.13. The molecule has 0 amide bonds. The minimum atomic E-state index is -0.288. The molecule has 0 fully saturated rings. The summed E-state index contributed by atoms with van der Waals surface area (Å²) in [6.45, 7) is 4.52. The number of ether oxygens (including phenoxy) is 1. The lowest BCUT2D eigenvalue weighted by Gasteiger charge is -2.09. The molecule has 112 valence electrons. The lowest BCUT2D eigenvalue weighted by Crippen LogP contribution is -2.09. The molecule has 1 aromatic rings. The zero-order valence-electron chi connectivity index (χ0n) is 12.4. The molecule has 2 N–H and O–H groups in total. The number of esters is 1. The van der Waals surface area contributed by atoms with Crippen LogP contribution in [0.25, 0.3) is 0 Å². The average Bonchev–Trinajstić information content (AvgIpc) is 2.41. The van der Waals surface area contributed by atoms with E-state index in [4.69, 9.17) is 10.5 Å². The quantitative estimate of drug-likeness (QED) is 0.417. The van der Waals surface area contributed by atoms with E-state index in [0.717, 1.165) is 22.9 Å². The van der Waals surface area contributed by atoms with Crippen molar-refractivity contribution in [2.24, 2.45) is 0 Å². The van der Waals surface area contributed by atoms with Gasteiger partial charge < -0.3 is 10.5 Å². The molecule has 0 aromatic heterocycles. The van der Waals surface area contributed by atoms with Gasteiger partial charge in [-0.25, -0.2) is 4.79 Å². The molecule has 0 atom stereocenters. The first-order valence-corrected chi connectivity index (χ1v) is 8.08. The largest absolute Gasteiger partial charge is 0.462 e. The maximum Gasteiger partial charge on any atom is 0.338 e. The number of hydrogen-bond donors (Lipinski definition) is 1. The summed E-state index contributed by atoms with van der Waals surface area (Å²) in [7, 11) is 0. The molecule has 3 nitrogen and oxygen atoms in total. The van der Waals surface area contributed by atoms with Gasteiger partial charge in [0.05, 0.1) is 12.2 Å². The Morgan fingerprint density at radius 1 is 1.20 bits per heavy atom. The number of halogens is 1. The Labute approximate surface area is 130 Å². The molecule has 0 aliphatic heterocycles. The van der Waals surface area contributed by atoms with Crippen molar-refractivity contribution >= 4 is 27.6 Å². The lowest BCUT2D eigenvalue weighted by molar-refractivity contribution is 0.0497. The second-order valence-electron chi connectivity index (χ2n) is 5.07. The molecule has 4 heteroatoms. The van der Waals surface area contributed by atoms with Crippen molar-refractivity contribution in [1.29, 1.82) is 0 Å². The summed E-state index contributed by atoms with van der Waals surface area (Å²) in [5.41, 5.74) is 7.77. The van der Waals surface area contributed by atoms with Crippen molar-refractivity contribution < 1.29 is 9.53 Å². The third-order valence-corrected chi connectivity index (χ3v) is 3.82. The van der Waals surface area contributed by atoms with Crippen LogP contribution >= 0.6 is 15.9 Å². The standard InChI is InChI=1S/C16H24BrNO2/c1-3-4-5-6-7-8-9-20-16(19)14-10-13(17)11-15(18)12(14)2/h10-11H,3-9,18H2,1-2H3. The molecule has 0 saturated heterocycles. The van der Waals surface area contributed by atoms with Gasteiger partial charge in [-0.1, -0.05) is 55.0 Å². The van der Waals surface area contributed by atoms with Crippen LogP contribution in [0.3, 0.4) is 0 Å². The molecule has 0 spiro atoms. The third kappa shape index (κ3) is 5.53. The number of unbranched alkanes of at least 4 members (excludes halogenated alkanes) is 5. The van der Waals surface area contributed by atoms with E-state index in [1.807, 2.05) is 6.92 Å². The predicted molar refractivity (Wildman–Crippen MR) is 86.9 cm³/mol. The second kappa shape index (κ2) is 9.01. The number of carbonyl (C=O) groups is 1. The topological polar surface area (TPSA) is 52.3 Å². The molecule has 0 aliphatic rings. The summed E-state index contributed by atoms with van der Waals surface area (Å²) in [6.07, 6.45) is 7.07. The zero-order valence-corrected chi connectivity index (χ0v) is 14.0. The first-order valence-electron chi connectivity index (χ1n) is 7.29. The van der Waals surface area contributed by atoms with E-state index in [-0.39, 0.29) is 5.97 Å². The summed E-state index contributed by atoms with van der Waals surface area (Å²) < 4.78 is 6.11. The van der Waals surface area contributed by atoms with Gasteiger partial charge in [-0.05, 0) is 31.0 Å². The van der Waals surface area contributed by atoms with Gasteiger partial charge in [-0.15, -0.1) is 0 Å². The molecule has 0 unspecified atom stereocenters. The van der Waals surface area contributed by atoms with Crippen LogP contribution in [0.5, 0.6) is 0 Å². The summed E-state index contributed by atoms with van der Waals surface area (Å²) in [5.74, 6) is -0.288. The van der Waals surface area contributed by atoms with Gasteiger partial charge in [-0.2, -0.15) is 0 Å². The highest BCUT2D eigenvalue weighted by atomic mass is 79.9. The molecule has 0 aliphatic carbocycles. The van der Waals surface area contributed by atoms with Crippen LogP contribution in [0.4, 0.5) is 5.69 Å². The Hall–Kier alpha value is -1.03. The van der Waals surface area contributed by atoms with E-state index in [1.54, 1.807) is 12.1 Å². The van der Waals surface area contributed by atoms with Gasteiger partial charge in [0, 0.05) is 10.2 Å². The Morgan fingerprint density at radius 3 is 2.55 bits per heavy atom. The highest BCUT2D eigenvalue weighted by Crippen LogP contribution is 2.23. The van der Waals surface area contributed by atoms with Crippen LogP contribution in [-0.4, -0.2) is 12.6 Å². The first kappa shape index (κ1) is 17.0. The number of nitrogens with two attached hydrogens (primary N) is 1. The Kier molecular flexibility index (Phi) is 7.67. The van der Waals surface area contributed by atoms with Crippen LogP contribution in [0.2, 0.25) is 0 Å². The van der Waals surface area contributed by atoms with Crippen molar-refractivity contribution in [2.75, 3.05) is 12.3 Å². The maximum absolute atomic E-state index is 12.0. The fourth-order valence-electron chi connectivity index (χ4n) is 2.04. The van der Waals surface area contributed by atoms with Crippen molar-refractivity contribution in [3.8, 4) is 0 Å². The summed E-state index contributed by atoms with van der Waals surface area (Å²) in [4.78, 5) is 12.0. The minimum Gasteiger partial charge on any atom is -0.462 e. The molecule has 1 aromatic carbocycles. The van der Waals surface area contributed by atoms with E-state index >= 15 is 0 Å². The van der Waals surface area contributed by atoms with Gasteiger partial charge in [0.1, 0.15) is 0 Å². The SMILES string of the molecule is CCCCCCCCOC(=O)c1cc(Br)cc(N)c1C. The fourth-order valence-corrected chi connectivity index (χ4v) is 2.51. The zero-order chi connectivity index (χ0) is 15.0. The van der Waals surface area contributed by atoms with Crippen LogP contribution in [0.1, 0.15) is 61.4 Å². The highest BCUT2D eigenvalue weighted by molar-refractivity contribution is 9.10. The smallest absolute Gasteiger partial charge is 0.338 e. The molecular formula is C16H24BrNO2. The van der Waals surface area contributed by atoms with E-state index in [1.165, 1.54) is 25.7 Å².